The highest BCUT2D eigenvalue weighted by atomic mass is 16.2. The molecule has 0 spiro atoms. The van der Waals surface area contributed by atoms with Crippen LogP contribution in [0.2, 0.25) is 0 Å². The molecule has 0 bridgehead atoms. The van der Waals surface area contributed by atoms with Gasteiger partial charge < -0.3 is 5.32 Å². The molecule has 1 heterocycles. The van der Waals surface area contributed by atoms with Gasteiger partial charge in [0.15, 0.2) is 0 Å². The number of rotatable bonds is 3. The summed E-state index contributed by atoms with van der Waals surface area (Å²) in [5.41, 5.74) is 0. The van der Waals surface area contributed by atoms with E-state index in [9.17, 15) is 4.79 Å². The number of piperidine rings is 1. The van der Waals surface area contributed by atoms with Crippen molar-refractivity contribution in [3.63, 3.8) is 0 Å². The third-order valence-corrected chi connectivity index (χ3v) is 2.67. The maximum Gasteiger partial charge on any atom is 0.237 e. The lowest BCUT2D eigenvalue weighted by Gasteiger charge is -2.33. The van der Waals surface area contributed by atoms with Gasteiger partial charge in [-0.25, -0.2) is 0 Å². The molecule has 3 nitrogen and oxygen atoms in total. The molecule has 0 radical (unpaired) electrons. The van der Waals surface area contributed by atoms with Gasteiger partial charge in [0.2, 0.25) is 5.91 Å². The molecule has 1 N–H and O–H groups in total. The zero-order chi connectivity index (χ0) is 9.68. The lowest BCUT2D eigenvalue weighted by Crippen LogP contribution is -2.48. The van der Waals surface area contributed by atoms with Crippen molar-refractivity contribution < 1.29 is 4.79 Å². The predicted octanol–water partition coefficient (Wildman–Crippen LogP) is 0.997. The molecule has 1 fully saturated rings. The molecular weight excluding hydrogens is 164 g/mol. The van der Waals surface area contributed by atoms with Crippen molar-refractivity contribution >= 4 is 5.91 Å². The molecule has 1 aliphatic rings. The Labute approximate surface area is 80.5 Å². The molecule has 1 saturated heterocycles. The topological polar surface area (TPSA) is 32.3 Å². The number of likely N-dealkylation sites (N-methyl/N-ethyl adjacent to an activating group) is 1. The molecule has 0 aromatic carbocycles. The van der Waals surface area contributed by atoms with E-state index in [0.717, 1.165) is 25.9 Å². The van der Waals surface area contributed by atoms with Crippen LogP contribution in [0.3, 0.4) is 0 Å². The van der Waals surface area contributed by atoms with Gasteiger partial charge in [-0.05, 0) is 32.4 Å². The number of nitrogens with one attached hydrogen (secondary N) is 1. The first-order chi connectivity index (χ1) is 6.29. The Morgan fingerprint density at radius 2 is 2.31 bits per heavy atom. The molecule has 1 atom stereocenters. The molecule has 1 amide bonds. The van der Waals surface area contributed by atoms with Crippen LogP contribution < -0.4 is 5.32 Å². The molecule has 1 aliphatic heterocycles. The fourth-order valence-corrected chi connectivity index (χ4v) is 2.01. The zero-order valence-corrected chi connectivity index (χ0v) is 8.68. The van der Waals surface area contributed by atoms with Crippen LogP contribution in [-0.2, 0) is 4.79 Å². The Morgan fingerprint density at radius 1 is 1.54 bits per heavy atom. The van der Waals surface area contributed by atoms with Crippen LogP contribution >= 0.6 is 0 Å². The van der Waals surface area contributed by atoms with Crippen LogP contribution in [0.15, 0.2) is 0 Å². The van der Waals surface area contributed by atoms with E-state index in [1.165, 1.54) is 12.8 Å². The van der Waals surface area contributed by atoms with E-state index in [1.54, 1.807) is 7.05 Å². The van der Waals surface area contributed by atoms with Gasteiger partial charge in [0.1, 0.15) is 0 Å². The van der Waals surface area contributed by atoms with Gasteiger partial charge in [-0.3, -0.25) is 9.69 Å². The van der Waals surface area contributed by atoms with E-state index in [-0.39, 0.29) is 11.9 Å². The largest absolute Gasteiger partial charge is 0.358 e. The quantitative estimate of drug-likeness (QED) is 0.709. The summed E-state index contributed by atoms with van der Waals surface area (Å²) in [4.78, 5) is 13.8. The average Bonchev–Trinajstić information content (AvgIpc) is 2.18. The number of hydrogen-bond donors (Lipinski definition) is 1. The van der Waals surface area contributed by atoms with Gasteiger partial charge in [-0.15, -0.1) is 0 Å². The van der Waals surface area contributed by atoms with Gasteiger partial charge >= 0.3 is 0 Å². The van der Waals surface area contributed by atoms with E-state index in [1.807, 2.05) is 0 Å². The van der Waals surface area contributed by atoms with Gasteiger partial charge in [-0.1, -0.05) is 13.3 Å². The highest BCUT2D eigenvalue weighted by molar-refractivity contribution is 5.81. The van der Waals surface area contributed by atoms with E-state index >= 15 is 0 Å². The summed E-state index contributed by atoms with van der Waals surface area (Å²) in [6.45, 7) is 4.31. The maximum atomic E-state index is 11.5. The number of carbonyl (C=O) groups excluding carboxylic acids is 1. The summed E-state index contributed by atoms with van der Waals surface area (Å²) in [7, 11) is 1.72. The maximum absolute atomic E-state index is 11.5. The number of carbonyl (C=O) groups is 1. The van der Waals surface area contributed by atoms with Crippen LogP contribution in [0, 0.1) is 0 Å². The van der Waals surface area contributed by atoms with E-state index in [4.69, 9.17) is 0 Å². The predicted molar refractivity (Wildman–Crippen MR) is 53.6 cm³/mol. The molecule has 0 saturated carbocycles. The van der Waals surface area contributed by atoms with Crippen LogP contribution in [0.5, 0.6) is 0 Å². The SMILES string of the molecule is CCCN1CCCCC1C(=O)NC. The first-order valence-corrected chi connectivity index (χ1v) is 5.25. The lowest BCUT2D eigenvalue weighted by molar-refractivity contribution is -0.127. The number of likely N-dealkylation sites (tertiary alicyclic amines) is 1. The fourth-order valence-electron chi connectivity index (χ4n) is 2.01. The second-order valence-corrected chi connectivity index (χ2v) is 3.66. The fraction of sp³-hybridized carbons (Fsp3) is 0.900. The Bertz CT molecular complexity index is 168. The second kappa shape index (κ2) is 5.22. The standard InChI is InChI=1S/C10H20N2O/c1-3-7-12-8-5-4-6-9(12)10(13)11-2/h9H,3-8H2,1-2H3,(H,11,13). The van der Waals surface area contributed by atoms with Crippen LogP contribution in [0.1, 0.15) is 32.6 Å². The zero-order valence-electron chi connectivity index (χ0n) is 8.68. The second-order valence-electron chi connectivity index (χ2n) is 3.66. The third-order valence-electron chi connectivity index (χ3n) is 2.67. The summed E-state index contributed by atoms with van der Waals surface area (Å²) in [5.74, 6) is 0.188. The van der Waals surface area contributed by atoms with Crippen molar-refractivity contribution in [3.8, 4) is 0 Å². The van der Waals surface area contributed by atoms with Crippen LogP contribution in [-0.4, -0.2) is 37.0 Å². The number of nitrogens with zero attached hydrogens (tertiary/aromatic N) is 1. The molecule has 0 aliphatic carbocycles. The molecule has 76 valence electrons. The first kappa shape index (κ1) is 10.5. The molecule has 13 heavy (non-hydrogen) atoms. The van der Waals surface area contributed by atoms with E-state index in [0.29, 0.717) is 0 Å². The smallest absolute Gasteiger partial charge is 0.237 e. The van der Waals surface area contributed by atoms with Crippen LogP contribution in [0.4, 0.5) is 0 Å². The Kier molecular flexibility index (Phi) is 4.22. The minimum atomic E-state index is 0.138. The Balaban J connectivity index is 2.50. The van der Waals surface area contributed by atoms with Crippen molar-refractivity contribution in [2.24, 2.45) is 0 Å². The van der Waals surface area contributed by atoms with Crippen molar-refractivity contribution in [3.05, 3.63) is 0 Å². The van der Waals surface area contributed by atoms with Gasteiger partial charge in [0.25, 0.3) is 0 Å². The highest BCUT2D eigenvalue weighted by Gasteiger charge is 2.26. The molecule has 1 unspecified atom stereocenters. The lowest BCUT2D eigenvalue weighted by atomic mass is 10.0. The molecule has 1 rings (SSSR count). The normalized spacial score (nSPS) is 24.3. The number of hydrogen-bond acceptors (Lipinski definition) is 2. The van der Waals surface area contributed by atoms with Gasteiger partial charge in [-0.2, -0.15) is 0 Å². The summed E-state index contributed by atoms with van der Waals surface area (Å²) >= 11 is 0. The van der Waals surface area contributed by atoms with Gasteiger partial charge in [0.05, 0.1) is 6.04 Å². The minimum absolute atomic E-state index is 0.138. The van der Waals surface area contributed by atoms with E-state index in [2.05, 4.69) is 17.1 Å². The molecular formula is C10H20N2O. The van der Waals surface area contributed by atoms with E-state index < -0.39 is 0 Å². The summed E-state index contributed by atoms with van der Waals surface area (Å²) in [6.07, 6.45) is 4.60. The van der Waals surface area contributed by atoms with Gasteiger partial charge in [0, 0.05) is 7.05 Å². The first-order valence-electron chi connectivity index (χ1n) is 5.25. The monoisotopic (exact) mass is 184 g/mol. The summed E-state index contributed by atoms with van der Waals surface area (Å²) < 4.78 is 0. The molecule has 0 aromatic heterocycles. The Hall–Kier alpha value is -0.570. The average molecular weight is 184 g/mol. The molecule has 0 aromatic rings. The van der Waals surface area contributed by atoms with Crippen molar-refractivity contribution in [2.75, 3.05) is 20.1 Å². The highest BCUT2D eigenvalue weighted by Crippen LogP contribution is 2.16. The Morgan fingerprint density at radius 3 is 2.92 bits per heavy atom. The number of amides is 1. The van der Waals surface area contributed by atoms with Crippen molar-refractivity contribution in [1.29, 1.82) is 0 Å². The minimum Gasteiger partial charge on any atom is -0.358 e. The van der Waals surface area contributed by atoms with Crippen molar-refractivity contribution in [2.45, 2.75) is 38.6 Å². The third kappa shape index (κ3) is 2.69. The summed E-state index contributed by atoms with van der Waals surface area (Å²) in [5, 5.41) is 2.74. The molecule has 3 heteroatoms. The van der Waals surface area contributed by atoms with Crippen LogP contribution in [0.25, 0.3) is 0 Å². The summed E-state index contributed by atoms with van der Waals surface area (Å²) in [6, 6.07) is 0.138. The van der Waals surface area contributed by atoms with Crippen molar-refractivity contribution in [1.82, 2.24) is 10.2 Å².